The molecule has 0 saturated heterocycles. The van der Waals surface area contributed by atoms with Crippen molar-refractivity contribution < 1.29 is 18.3 Å². The van der Waals surface area contributed by atoms with Crippen molar-refractivity contribution in [2.45, 2.75) is 26.0 Å². The average molecular weight is 254 g/mol. The minimum absolute atomic E-state index is 0.104. The molecule has 0 aliphatic carbocycles. The number of hydrogen-bond donors (Lipinski definition) is 1. The van der Waals surface area contributed by atoms with Gasteiger partial charge in [-0.25, -0.2) is 0 Å². The van der Waals surface area contributed by atoms with Crippen LogP contribution in [0.5, 0.6) is 5.75 Å². The quantitative estimate of drug-likeness (QED) is 0.896. The molecule has 1 rings (SSSR count). The summed E-state index contributed by atoms with van der Waals surface area (Å²) in [5.74, 6) is -0.631. The van der Waals surface area contributed by atoms with Crippen LogP contribution in [0.3, 0.4) is 0 Å². The summed E-state index contributed by atoms with van der Waals surface area (Å²) in [5.41, 5.74) is -0.882. The molecule has 4 nitrogen and oxygen atoms in total. The van der Waals surface area contributed by atoms with E-state index >= 15 is 0 Å². The lowest BCUT2D eigenvalue weighted by molar-refractivity contribution is -0.0498. The van der Waals surface area contributed by atoms with Gasteiger partial charge < -0.3 is 10.1 Å². The number of hydrogen-bond acceptors (Lipinski definition) is 3. The highest BCUT2D eigenvalue weighted by Gasteiger charge is 2.20. The SMILES string of the molecule is CC(C)(C#N)NC(=O)c1cccc(OC(F)F)c1. The van der Waals surface area contributed by atoms with Gasteiger partial charge in [0.2, 0.25) is 0 Å². The number of carbonyl (C=O) groups excluding carboxylic acids is 1. The minimum Gasteiger partial charge on any atom is -0.435 e. The van der Waals surface area contributed by atoms with Gasteiger partial charge in [0, 0.05) is 5.56 Å². The second kappa shape index (κ2) is 5.45. The second-order valence-corrected chi connectivity index (χ2v) is 4.10. The van der Waals surface area contributed by atoms with Crippen LogP contribution < -0.4 is 10.1 Å². The van der Waals surface area contributed by atoms with E-state index < -0.39 is 18.1 Å². The number of alkyl halides is 2. The van der Waals surface area contributed by atoms with Gasteiger partial charge in [-0.15, -0.1) is 0 Å². The van der Waals surface area contributed by atoms with Gasteiger partial charge in [-0.2, -0.15) is 14.0 Å². The summed E-state index contributed by atoms with van der Waals surface area (Å²) in [6.45, 7) is 0.119. The number of nitrogens with one attached hydrogen (secondary N) is 1. The van der Waals surface area contributed by atoms with Gasteiger partial charge in [-0.3, -0.25) is 4.79 Å². The Balaban J connectivity index is 2.84. The number of nitrogens with zero attached hydrogens (tertiary/aromatic N) is 1. The maximum absolute atomic E-state index is 12.0. The fraction of sp³-hybridized carbons (Fsp3) is 0.333. The predicted molar refractivity (Wildman–Crippen MR) is 60.2 cm³/mol. The summed E-state index contributed by atoms with van der Waals surface area (Å²) in [6.07, 6.45) is 0. The molecule has 0 atom stereocenters. The van der Waals surface area contributed by atoms with Gasteiger partial charge in [0.05, 0.1) is 6.07 Å². The molecule has 18 heavy (non-hydrogen) atoms. The number of halogens is 2. The van der Waals surface area contributed by atoms with Crippen LogP contribution in [0, 0.1) is 11.3 Å². The summed E-state index contributed by atoms with van der Waals surface area (Å²) in [6, 6.07) is 7.28. The molecule has 6 heteroatoms. The Hall–Kier alpha value is -2.16. The third-order valence-electron chi connectivity index (χ3n) is 2.03. The Labute approximate surface area is 103 Å². The van der Waals surface area contributed by atoms with Crippen molar-refractivity contribution in [2.24, 2.45) is 0 Å². The lowest BCUT2D eigenvalue weighted by Gasteiger charge is -2.17. The maximum Gasteiger partial charge on any atom is 0.387 e. The van der Waals surface area contributed by atoms with Crippen LogP contribution >= 0.6 is 0 Å². The van der Waals surface area contributed by atoms with E-state index in [1.54, 1.807) is 0 Å². The van der Waals surface area contributed by atoms with Crippen molar-refractivity contribution in [2.75, 3.05) is 0 Å². The molecule has 96 valence electrons. The average Bonchev–Trinajstić information content (AvgIpc) is 2.28. The molecule has 0 bridgehead atoms. The highest BCUT2D eigenvalue weighted by molar-refractivity contribution is 5.95. The summed E-state index contributed by atoms with van der Waals surface area (Å²) in [4.78, 5) is 11.8. The molecule has 0 saturated carbocycles. The number of carbonyl (C=O) groups is 1. The molecule has 0 spiro atoms. The Morgan fingerprint density at radius 1 is 1.50 bits per heavy atom. The van der Waals surface area contributed by atoms with Crippen LogP contribution in [0.2, 0.25) is 0 Å². The molecule has 0 aliphatic rings. The molecule has 0 radical (unpaired) electrons. The lowest BCUT2D eigenvalue weighted by atomic mass is 10.1. The minimum atomic E-state index is -2.95. The lowest BCUT2D eigenvalue weighted by Crippen LogP contribution is -2.42. The van der Waals surface area contributed by atoms with Gasteiger partial charge >= 0.3 is 6.61 Å². The zero-order chi connectivity index (χ0) is 13.8. The van der Waals surface area contributed by atoms with Crippen LogP contribution in [0.15, 0.2) is 24.3 Å². The summed E-state index contributed by atoms with van der Waals surface area (Å²) in [7, 11) is 0. The van der Waals surface area contributed by atoms with Crippen LogP contribution in [0.25, 0.3) is 0 Å². The van der Waals surface area contributed by atoms with Gasteiger partial charge in [0.25, 0.3) is 5.91 Å². The molecule has 0 fully saturated rings. The third-order valence-corrected chi connectivity index (χ3v) is 2.03. The first-order valence-corrected chi connectivity index (χ1v) is 5.13. The van der Waals surface area contributed by atoms with Crippen LogP contribution in [-0.4, -0.2) is 18.1 Å². The maximum atomic E-state index is 12.0. The second-order valence-electron chi connectivity index (χ2n) is 4.10. The van der Waals surface area contributed by atoms with Crippen LogP contribution in [0.1, 0.15) is 24.2 Å². The van der Waals surface area contributed by atoms with Gasteiger partial charge in [0.1, 0.15) is 11.3 Å². The highest BCUT2D eigenvalue weighted by atomic mass is 19.3. The van der Waals surface area contributed by atoms with E-state index in [1.165, 1.54) is 38.1 Å². The fourth-order valence-electron chi connectivity index (χ4n) is 1.20. The number of nitriles is 1. The predicted octanol–water partition coefficient (Wildman–Crippen LogP) is 2.32. The first-order chi connectivity index (χ1) is 8.34. The smallest absolute Gasteiger partial charge is 0.387 e. The first kappa shape index (κ1) is 13.9. The van der Waals surface area contributed by atoms with E-state index in [0.29, 0.717) is 0 Å². The summed E-state index contributed by atoms with van der Waals surface area (Å²) >= 11 is 0. The molecular weight excluding hydrogens is 242 g/mol. The molecule has 1 N–H and O–H groups in total. The highest BCUT2D eigenvalue weighted by Crippen LogP contribution is 2.16. The van der Waals surface area contributed by atoms with Crippen molar-refractivity contribution in [3.8, 4) is 11.8 Å². The monoisotopic (exact) mass is 254 g/mol. The number of ether oxygens (including phenoxy) is 1. The molecule has 0 aromatic heterocycles. The van der Waals surface area contributed by atoms with Gasteiger partial charge in [0.15, 0.2) is 0 Å². The van der Waals surface area contributed by atoms with E-state index in [0.717, 1.165) is 0 Å². The molecule has 0 heterocycles. The van der Waals surface area contributed by atoms with E-state index in [2.05, 4.69) is 10.1 Å². The normalized spacial score (nSPS) is 10.9. The third kappa shape index (κ3) is 4.01. The Kier molecular flexibility index (Phi) is 4.21. The van der Waals surface area contributed by atoms with Gasteiger partial charge in [-0.1, -0.05) is 6.07 Å². The first-order valence-electron chi connectivity index (χ1n) is 5.13. The Morgan fingerprint density at radius 3 is 2.72 bits per heavy atom. The number of benzene rings is 1. The van der Waals surface area contributed by atoms with E-state index in [4.69, 9.17) is 5.26 Å². The molecule has 1 amide bonds. The Morgan fingerprint density at radius 2 is 2.17 bits per heavy atom. The van der Waals surface area contributed by atoms with Crippen LogP contribution in [-0.2, 0) is 0 Å². The topological polar surface area (TPSA) is 62.1 Å². The zero-order valence-corrected chi connectivity index (χ0v) is 9.91. The molecule has 0 unspecified atom stereocenters. The van der Waals surface area contributed by atoms with Crippen molar-refractivity contribution in [3.63, 3.8) is 0 Å². The van der Waals surface area contributed by atoms with E-state index in [9.17, 15) is 13.6 Å². The number of amides is 1. The molecule has 1 aromatic carbocycles. The van der Waals surface area contributed by atoms with Crippen LogP contribution in [0.4, 0.5) is 8.78 Å². The fourth-order valence-corrected chi connectivity index (χ4v) is 1.20. The van der Waals surface area contributed by atoms with Gasteiger partial charge in [-0.05, 0) is 32.0 Å². The summed E-state index contributed by atoms with van der Waals surface area (Å²) in [5, 5.41) is 11.2. The largest absolute Gasteiger partial charge is 0.435 e. The van der Waals surface area contributed by atoms with E-state index in [1.807, 2.05) is 6.07 Å². The Bertz CT molecular complexity index is 481. The molecule has 1 aromatic rings. The standard InChI is InChI=1S/C12H12F2N2O2/c1-12(2,7-15)16-10(17)8-4-3-5-9(6-8)18-11(13)14/h3-6,11H,1-2H3,(H,16,17). The van der Waals surface area contributed by atoms with E-state index in [-0.39, 0.29) is 11.3 Å². The number of rotatable bonds is 4. The van der Waals surface area contributed by atoms with Crippen molar-refractivity contribution in [1.82, 2.24) is 5.32 Å². The van der Waals surface area contributed by atoms with Crippen molar-refractivity contribution in [1.29, 1.82) is 5.26 Å². The summed E-state index contributed by atoms with van der Waals surface area (Å²) < 4.78 is 28.2. The molecule has 0 aliphatic heterocycles. The van der Waals surface area contributed by atoms with Crippen molar-refractivity contribution >= 4 is 5.91 Å². The zero-order valence-electron chi connectivity index (χ0n) is 9.91. The molecular formula is C12H12F2N2O2. The van der Waals surface area contributed by atoms with Crippen molar-refractivity contribution in [3.05, 3.63) is 29.8 Å².